The fraction of sp³-hybridized carbons (Fsp3) is 0.214. The van der Waals surface area contributed by atoms with Crippen molar-refractivity contribution in [2.45, 2.75) is 18.9 Å². The van der Waals surface area contributed by atoms with E-state index in [2.05, 4.69) is 9.97 Å². The van der Waals surface area contributed by atoms with Crippen molar-refractivity contribution in [1.29, 1.82) is 0 Å². The minimum absolute atomic E-state index is 0.0296. The van der Waals surface area contributed by atoms with E-state index >= 15 is 0 Å². The van der Waals surface area contributed by atoms with E-state index < -0.39 is 0 Å². The van der Waals surface area contributed by atoms with E-state index in [0.717, 1.165) is 5.56 Å². The number of hydrogen-bond acceptors (Lipinski definition) is 4. The van der Waals surface area contributed by atoms with Gasteiger partial charge in [-0.2, -0.15) is 0 Å². The number of nitrogens with two attached hydrogens (primary N) is 1. The van der Waals surface area contributed by atoms with E-state index in [-0.39, 0.29) is 11.8 Å². The van der Waals surface area contributed by atoms with E-state index in [1.54, 1.807) is 0 Å². The molecule has 2 N–H and O–H groups in total. The molecule has 18 heavy (non-hydrogen) atoms. The summed E-state index contributed by atoms with van der Waals surface area (Å²) in [5, 5.41) is 0. The van der Waals surface area contributed by atoms with Crippen LogP contribution in [0.15, 0.2) is 49.1 Å². The van der Waals surface area contributed by atoms with Crippen molar-refractivity contribution in [3.8, 4) is 0 Å². The number of nitrogens with zero attached hydrogens (tertiary/aromatic N) is 2. The number of carbonyl (C=O) groups is 1. The van der Waals surface area contributed by atoms with E-state index in [1.165, 1.54) is 18.7 Å². The maximum absolute atomic E-state index is 11.8. The van der Waals surface area contributed by atoms with Gasteiger partial charge in [0.2, 0.25) is 0 Å². The molecular formula is C14H15N3O. The van der Waals surface area contributed by atoms with Gasteiger partial charge in [0.25, 0.3) is 0 Å². The molecule has 0 saturated heterocycles. The SMILES string of the molecule is NC(CCC(=O)c1cncnc1)c1ccccc1. The number of rotatable bonds is 5. The van der Waals surface area contributed by atoms with Crippen molar-refractivity contribution < 1.29 is 4.79 Å². The van der Waals surface area contributed by atoms with E-state index in [0.29, 0.717) is 18.4 Å². The fourth-order valence-electron chi connectivity index (χ4n) is 1.74. The molecule has 0 radical (unpaired) electrons. The summed E-state index contributed by atoms with van der Waals surface area (Å²) in [7, 11) is 0. The molecule has 0 fully saturated rings. The van der Waals surface area contributed by atoms with Crippen molar-refractivity contribution in [3.05, 3.63) is 60.2 Å². The Kier molecular flexibility index (Phi) is 4.15. The predicted molar refractivity (Wildman–Crippen MR) is 69.0 cm³/mol. The lowest BCUT2D eigenvalue weighted by atomic mass is 10.00. The second-order valence-electron chi connectivity index (χ2n) is 4.11. The maximum Gasteiger partial charge on any atom is 0.166 e. The summed E-state index contributed by atoms with van der Waals surface area (Å²) in [5.41, 5.74) is 7.63. The highest BCUT2D eigenvalue weighted by molar-refractivity contribution is 5.95. The van der Waals surface area contributed by atoms with Crippen LogP contribution in [0.4, 0.5) is 0 Å². The van der Waals surface area contributed by atoms with Crippen molar-refractivity contribution in [3.63, 3.8) is 0 Å². The fourth-order valence-corrected chi connectivity index (χ4v) is 1.74. The van der Waals surface area contributed by atoms with Gasteiger partial charge in [0.05, 0.1) is 5.56 Å². The Hall–Kier alpha value is -2.07. The molecule has 4 heteroatoms. The van der Waals surface area contributed by atoms with Gasteiger partial charge in [-0.25, -0.2) is 9.97 Å². The zero-order valence-corrected chi connectivity index (χ0v) is 9.99. The third kappa shape index (κ3) is 3.21. The Morgan fingerprint density at radius 2 is 1.83 bits per heavy atom. The van der Waals surface area contributed by atoms with Crippen LogP contribution in [0.5, 0.6) is 0 Å². The van der Waals surface area contributed by atoms with Crippen LogP contribution in [-0.4, -0.2) is 15.8 Å². The summed E-state index contributed by atoms with van der Waals surface area (Å²) in [5.74, 6) is 0.0296. The topological polar surface area (TPSA) is 68.9 Å². The van der Waals surface area contributed by atoms with Crippen LogP contribution in [0.25, 0.3) is 0 Å². The number of ketones is 1. The molecule has 0 spiro atoms. The Morgan fingerprint density at radius 3 is 2.50 bits per heavy atom. The molecule has 1 aromatic carbocycles. The number of benzene rings is 1. The van der Waals surface area contributed by atoms with Crippen LogP contribution in [0, 0.1) is 0 Å². The quantitative estimate of drug-likeness (QED) is 0.814. The molecule has 1 unspecified atom stereocenters. The first-order valence-corrected chi connectivity index (χ1v) is 5.86. The normalized spacial score (nSPS) is 12.1. The van der Waals surface area contributed by atoms with Gasteiger partial charge in [-0.1, -0.05) is 30.3 Å². The van der Waals surface area contributed by atoms with Gasteiger partial charge in [0.1, 0.15) is 6.33 Å². The molecule has 2 rings (SSSR count). The third-order valence-electron chi connectivity index (χ3n) is 2.79. The summed E-state index contributed by atoms with van der Waals surface area (Å²) in [6.07, 6.45) is 5.50. The van der Waals surface area contributed by atoms with Gasteiger partial charge in [-0.15, -0.1) is 0 Å². The minimum atomic E-state index is -0.111. The van der Waals surface area contributed by atoms with Gasteiger partial charge in [-0.05, 0) is 12.0 Å². The first-order chi connectivity index (χ1) is 8.77. The molecule has 1 atom stereocenters. The van der Waals surface area contributed by atoms with Crippen LogP contribution in [0.2, 0.25) is 0 Å². The summed E-state index contributed by atoms with van der Waals surface area (Å²) >= 11 is 0. The molecule has 92 valence electrons. The molecule has 0 aliphatic rings. The Labute approximate surface area is 106 Å². The second-order valence-corrected chi connectivity index (χ2v) is 4.11. The Bertz CT molecular complexity index is 499. The van der Waals surface area contributed by atoms with Crippen molar-refractivity contribution in [1.82, 2.24) is 9.97 Å². The van der Waals surface area contributed by atoms with Crippen LogP contribution >= 0.6 is 0 Å². The molecule has 0 aliphatic heterocycles. The average molecular weight is 241 g/mol. The zero-order valence-electron chi connectivity index (χ0n) is 9.99. The van der Waals surface area contributed by atoms with Gasteiger partial charge in [0.15, 0.2) is 5.78 Å². The summed E-state index contributed by atoms with van der Waals surface area (Å²) in [6, 6.07) is 9.67. The first kappa shape index (κ1) is 12.4. The molecule has 2 aromatic rings. The second kappa shape index (κ2) is 6.02. The maximum atomic E-state index is 11.8. The predicted octanol–water partition coefficient (Wildman–Crippen LogP) is 2.14. The summed E-state index contributed by atoms with van der Waals surface area (Å²) in [4.78, 5) is 19.5. The molecule has 0 amide bonds. The van der Waals surface area contributed by atoms with E-state index in [1.807, 2.05) is 30.3 Å². The highest BCUT2D eigenvalue weighted by atomic mass is 16.1. The number of hydrogen-bond donors (Lipinski definition) is 1. The van der Waals surface area contributed by atoms with Gasteiger partial charge >= 0.3 is 0 Å². The largest absolute Gasteiger partial charge is 0.324 e. The monoisotopic (exact) mass is 241 g/mol. The highest BCUT2D eigenvalue weighted by Gasteiger charge is 2.10. The highest BCUT2D eigenvalue weighted by Crippen LogP contribution is 2.16. The van der Waals surface area contributed by atoms with Gasteiger partial charge in [0, 0.05) is 24.9 Å². The van der Waals surface area contributed by atoms with Crippen molar-refractivity contribution >= 4 is 5.78 Å². The lowest BCUT2D eigenvalue weighted by Gasteiger charge is -2.10. The Morgan fingerprint density at radius 1 is 1.17 bits per heavy atom. The molecule has 0 bridgehead atoms. The number of aromatic nitrogens is 2. The Balaban J connectivity index is 1.91. The number of Topliss-reactive ketones (excluding diaryl/α,β-unsaturated/α-hetero) is 1. The van der Waals surface area contributed by atoms with E-state index in [4.69, 9.17) is 5.73 Å². The van der Waals surface area contributed by atoms with Crippen LogP contribution in [-0.2, 0) is 0 Å². The third-order valence-corrected chi connectivity index (χ3v) is 2.79. The van der Waals surface area contributed by atoms with Gasteiger partial charge < -0.3 is 5.73 Å². The standard InChI is InChI=1S/C14H15N3O/c15-13(11-4-2-1-3-5-11)6-7-14(18)12-8-16-10-17-9-12/h1-5,8-10,13H,6-7,15H2. The smallest absolute Gasteiger partial charge is 0.166 e. The first-order valence-electron chi connectivity index (χ1n) is 5.86. The molecule has 1 aromatic heterocycles. The number of carbonyl (C=O) groups excluding carboxylic acids is 1. The summed E-state index contributed by atoms with van der Waals surface area (Å²) in [6.45, 7) is 0. The lowest BCUT2D eigenvalue weighted by Crippen LogP contribution is -2.12. The molecule has 0 saturated carbocycles. The van der Waals surface area contributed by atoms with E-state index in [9.17, 15) is 4.79 Å². The van der Waals surface area contributed by atoms with Crippen LogP contribution in [0.1, 0.15) is 34.8 Å². The van der Waals surface area contributed by atoms with Gasteiger partial charge in [-0.3, -0.25) is 4.79 Å². The molecule has 1 heterocycles. The average Bonchev–Trinajstić information content (AvgIpc) is 2.46. The van der Waals surface area contributed by atoms with Crippen molar-refractivity contribution in [2.75, 3.05) is 0 Å². The summed E-state index contributed by atoms with van der Waals surface area (Å²) < 4.78 is 0. The zero-order chi connectivity index (χ0) is 12.8. The molecule has 4 nitrogen and oxygen atoms in total. The van der Waals surface area contributed by atoms with Crippen LogP contribution in [0.3, 0.4) is 0 Å². The van der Waals surface area contributed by atoms with Crippen LogP contribution < -0.4 is 5.73 Å². The van der Waals surface area contributed by atoms with Crippen molar-refractivity contribution in [2.24, 2.45) is 5.73 Å². The minimum Gasteiger partial charge on any atom is -0.324 e. The molecular weight excluding hydrogens is 226 g/mol. The molecule has 0 aliphatic carbocycles. The lowest BCUT2D eigenvalue weighted by molar-refractivity contribution is 0.0977.